The van der Waals surface area contributed by atoms with Crippen molar-refractivity contribution in [2.45, 2.75) is 10.8 Å². The van der Waals surface area contributed by atoms with Crippen LogP contribution in [0.4, 0.5) is 4.39 Å². The van der Waals surface area contributed by atoms with E-state index >= 15 is 0 Å². The lowest BCUT2D eigenvalue weighted by atomic mass is 10.00. The molecule has 0 bridgehead atoms. The van der Waals surface area contributed by atoms with Gasteiger partial charge < -0.3 is 9.84 Å². The first-order valence-corrected chi connectivity index (χ1v) is 11.6. The second-order valence-corrected chi connectivity index (χ2v) is 10.7. The molecular weight excluding hydrogens is 479 g/mol. The highest BCUT2D eigenvalue weighted by molar-refractivity contribution is 7.91. The first-order valence-electron chi connectivity index (χ1n) is 9.00. The number of carboxylic acid groups (broad SMARTS) is 1. The normalized spacial score (nSPS) is 11.3. The van der Waals surface area contributed by atoms with Gasteiger partial charge >= 0.3 is 5.97 Å². The van der Waals surface area contributed by atoms with Gasteiger partial charge in [0.25, 0.3) is 10.0 Å². The fourth-order valence-corrected chi connectivity index (χ4v) is 5.76. The van der Waals surface area contributed by atoms with Crippen molar-refractivity contribution in [3.63, 3.8) is 0 Å². The molecule has 1 heterocycles. The van der Waals surface area contributed by atoms with Crippen LogP contribution >= 0.6 is 22.9 Å². The second-order valence-electron chi connectivity index (χ2n) is 6.67. The predicted octanol–water partition coefficient (Wildman–Crippen LogP) is 4.36. The van der Waals surface area contributed by atoms with Crippen molar-refractivity contribution < 1.29 is 27.4 Å². The molecule has 0 radical (unpaired) electrons. The number of ether oxygens (including phenoxy) is 1. The van der Waals surface area contributed by atoms with Gasteiger partial charge in [0.1, 0.15) is 15.8 Å². The van der Waals surface area contributed by atoms with Gasteiger partial charge in [0.2, 0.25) is 0 Å². The van der Waals surface area contributed by atoms with E-state index in [1.54, 1.807) is 12.1 Å². The smallest absolute Gasteiger partial charge is 0.341 e. The summed E-state index contributed by atoms with van der Waals surface area (Å²) in [6, 6.07) is 13.1. The van der Waals surface area contributed by atoms with E-state index < -0.39 is 28.4 Å². The highest BCUT2D eigenvalue weighted by Crippen LogP contribution is 2.34. The highest BCUT2D eigenvalue weighted by Gasteiger charge is 2.23. The zero-order valence-electron chi connectivity index (χ0n) is 16.6. The first kappa shape index (κ1) is 23.7. The number of rotatable bonds is 8. The number of nitrogens with zero attached hydrogens (tertiary/aromatic N) is 2. The summed E-state index contributed by atoms with van der Waals surface area (Å²) in [6.45, 7) is -0.648. The summed E-state index contributed by atoms with van der Waals surface area (Å²) in [4.78, 5) is 10.9. The van der Waals surface area contributed by atoms with Crippen molar-refractivity contribution in [1.82, 2.24) is 4.31 Å². The molecule has 3 rings (SSSR count). The molecule has 0 atom stereocenters. The zero-order valence-corrected chi connectivity index (χ0v) is 19.0. The number of hydrogen-bond acceptors (Lipinski definition) is 6. The molecule has 0 fully saturated rings. The van der Waals surface area contributed by atoms with E-state index in [1.165, 1.54) is 37.4 Å². The van der Waals surface area contributed by atoms with Crippen LogP contribution in [0.1, 0.15) is 11.1 Å². The Morgan fingerprint density at radius 3 is 2.62 bits per heavy atom. The molecule has 1 N–H and O–H groups in total. The number of benzene rings is 2. The molecule has 0 spiro atoms. The Morgan fingerprint density at radius 2 is 2.00 bits per heavy atom. The number of nitriles is 1. The minimum atomic E-state index is -3.79. The van der Waals surface area contributed by atoms with Crippen molar-refractivity contribution in [3.8, 4) is 22.9 Å². The molecule has 3 aromatic rings. The molecule has 0 aliphatic heterocycles. The average Bonchev–Trinajstić information content (AvgIpc) is 3.19. The third kappa shape index (κ3) is 5.44. The topological polar surface area (TPSA) is 108 Å². The Hall–Kier alpha value is -2.97. The van der Waals surface area contributed by atoms with Crippen LogP contribution in [0.25, 0.3) is 11.1 Å². The van der Waals surface area contributed by atoms with E-state index in [9.17, 15) is 17.6 Å². The summed E-state index contributed by atoms with van der Waals surface area (Å²) in [5, 5.41) is 18.1. The van der Waals surface area contributed by atoms with Crippen LogP contribution in [-0.4, -0.2) is 37.5 Å². The molecule has 166 valence electrons. The molecular formula is C21H16ClFN2O5S2. The van der Waals surface area contributed by atoms with Gasteiger partial charge in [-0.25, -0.2) is 17.6 Å². The van der Waals surface area contributed by atoms with Crippen molar-refractivity contribution in [1.29, 1.82) is 5.26 Å². The van der Waals surface area contributed by atoms with E-state index in [2.05, 4.69) is 0 Å². The van der Waals surface area contributed by atoms with Crippen LogP contribution in [0.5, 0.6) is 5.75 Å². The van der Waals surface area contributed by atoms with E-state index in [0.29, 0.717) is 21.0 Å². The van der Waals surface area contributed by atoms with Crippen LogP contribution in [0.3, 0.4) is 0 Å². The van der Waals surface area contributed by atoms with Gasteiger partial charge in [-0.3, -0.25) is 0 Å². The Morgan fingerprint density at radius 1 is 1.25 bits per heavy atom. The van der Waals surface area contributed by atoms with Crippen LogP contribution in [0.2, 0.25) is 4.34 Å². The van der Waals surface area contributed by atoms with Gasteiger partial charge in [0, 0.05) is 19.2 Å². The molecule has 0 amide bonds. The fourth-order valence-electron chi connectivity index (χ4n) is 2.91. The fraction of sp³-hybridized carbons (Fsp3) is 0.143. The number of aliphatic carboxylic acids is 1. The molecule has 0 unspecified atom stereocenters. The maximum Gasteiger partial charge on any atom is 0.341 e. The third-order valence-corrected chi connectivity index (χ3v) is 7.85. The Bertz CT molecular complexity index is 1320. The third-order valence-electron chi connectivity index (χ3n) is 4.35. The van der Waals surface area contributed by atoms with Gasteiger partial charge in [-0.15, -0.1) is 11.3 Å². The van der Waals surface area contributed by atoms with Gasteiger partial charge in [0.05, 0.1) is 16.0 Å². The largest absolute Gasteiger partial charge is 0.481 e. The Kier molecular flexibility index (Phi) is 7.16. The molecule has 32 heavy (non-hydrogen) atoms. The Balaban J connectivity index is 2.00. The maximum atomic E-state index is 14.0. The number of carbonyl (C=O) groups is 1. The lowest BCUT2D eigenvalue weighted by Crippen LogP contribution is -2.25. The summed E-state index contributed by atoms with van der Waals surface area (Å²) in [5.74, 6) is -1.69. The minimum absolute atomic E-state index is 0.0233. The summed E-state index contributed by atoms with van der Waals surface area (Å²) >= 11 is 6.79. The highest BCUT2D eigenvalue weighted by atomic mass is 35.5. The summed E-state index contributed by atoms with van der Waals surface area (Å²) in [6.07, 6.45) is 0. The number of carboxylic acids is 1. The van der Waals surface area contributed by atoms with Crippen LogP contribution in [0, 0.1) is 17.1 Å². The van der Waals surface area contributed by atoms with Crippen LogP contribution in [-0.2, 0) is 21.4 Å². The summed E-state index contributed by atoms with van der Waals surface area (Å²) in [5.41, 5.74) is 1.23. The lowest BCUT2D eigenvalue weighted by molar-refractivity contribution is -0.139. The second kappa shape index (κ2) is 9.67. The van der Waals surface area contributed by atoms with E-state index in [4.69, 9.17) is 26.7 Å². The number of thiophene rings is 1. The van der Waals surface area contributed by atoms with E-state index in [0.717, 1.165) is 21.7 Å². The molecule has 0 aliphatic carbocycles. The minimum Gasteiger partial charge on any atom is -0.481 e. The van der Waals surface area contributed by atoms with Crippen LogP contribution in [0.15, 0.2) is 52.7 Å². The summed E-state index contributed by atoms with van der Waals surface area (Å²) in [7, 11) is -2.38. The summed E-state index contributed by atoms with van der Waals surface area (Å²) < 4.78 is 46.5. The molecule has 0 saturated carbocycles. The van der Waals surface area contributed by atoms with Gasteiger partial charge in [0.15, 0.2) is 6.61 Å². The maximum absolute atomic E-state index is 14.0. The van der Waals surface area contributed by atoms with Crippen LogP contribution < -0.4 is 4.74 Å². The number of halogens is 2. The van der Waals surface area contributed by atoms with Crippen molar-refractivity contribution in [3.05, 3.63) is 69.8 Å². The number of sulfonamides is 1. The standard InChI is InChI=1S/C21H16ClFN2O5S2/c1-25(32(28,29)21-5-4-19(22)31-21)11-13-2-3-18(30-12-20(26)27)17(8-13)15-6-14(10-24)7-16(23)9-15/h2-9H,11-12H2,1H3,(H,26,27). The molecule has 11 heteroatoms. The predicted molar refractivity (Wildman–Crippen MR) is 118 cm³/mol. The molecule has 2 aromatic carbocycles. The first-order chi connectivity index (χ1) is 15.1. The average molecular weight is 495 g/mol. The van der Waals surface area contributed by atoms with Gasteiger partial charge in [-0.2, -0.15) is 9.57 Å². The van der Waals surface area contributed by atoms with E-state index in [1.807, 2.05) is 6.07 Å². The SMILES string of the molecule is CN(Cc1ccc(OCC(=O)O)c(-c2cc(F)cc(C#N)c2)c1)S(=O)(=O)c1ccc(Cl)s1. The molecule has 1 aromatic heterocycles. The van der Waals surface area contributed by atoms with E-state index in [-0.39, 0.29) is 22.1 Å². The molecule has 7 nitrogen and oxygen atoms in total. The van der Waals surface area contributed by atoms with Gasteiger partial charge in [-0.1, -0.05) is 17.7 Å². The lowest BCUT2D eigenvalue weighted by Gasteiger charge is -2.18. The van der Waals surface area contributed by atoms with Crippen molar-refractivity contribution >= 4 is 38.9 Å². The molecule has 0 saturated heterocycles. The van der Waals surface area contributed by atoms with Crippen molar-refractivity contribution in [2.24, 2.45) is 0 Å². The van der Waals surface area contributed by atoms with Crippen molar-refractivity contribution in [2.75, 3.05) is 13.7 Å². The Labute approximate surface area is 192 Å². The monoisotopic (exact) mass is 494 g/mol. The quantitative estimate of drug-likeness (QED) is 0.498. The number of hydrogen-bond donors (Lipinski definition) is 1. The van der Waals surface area contributed by atoms with Gasteiger partial charge in [-0.05, 0) is 53.6 Å². The molecule has 0 aliphatic rings. The zero-order chi connectivity index (χ0) is 23.5.